The van der Waals surface area contributed by atoms with Crippen molar-refractivity contribution in [3.63, 3.8) is 0 Å². The third kappa shape index (κ3) is 3.83. The summed E-state index contributed by atoms with van der Waals surface area (Å²) in [5.74, 6) is 0. The molecule has 0 fully saturated rings. The Bertz CT molecular complexity index is 313. The minimum absolute atomic E-state index is 0.346. The molecule has 1 atom stereocenters. The maximum atomic E-state index is 11.3. The third-order valence-electron chi connectivity index (χ3n) is 2.19. The number of ether oxygens (including phenoxy) is 1. The fourth-order valence-electron chi connectivity index (χ4n) is 1.26. The summed E-state index contributed by atoms with van der Waals surface area (Å²) in [6.07, 6.45) is -0.326. The first-order chi connectivity index (χ1) is 7.65. The molecule has 1 unspecified atom stereocenters. The van der Waals surface area contributed by atoms with Crippen LogP contribution in [0.25, 0.3) is 0 Å². The molecule has 0 saturated heterocycles. The SMILES string of the molecule is CCOC(=O)N(C)CCC(O)c1cccs1. The smallest absolute Gasteiger partial charge is 0.409 e. The van der Waals surface area contributed by atoms with E-state index in [1.165, 1.54) is 16.2 Å². The van der Waals surface area contributed by atoms with Crippen molar-refractivity contribution in [3.05, 3.63) is 22.4 Å². The average molecular weight is 243 g/mol. The Morgan fingerprint density at radius 3 is 3.00 bits per heavy atom. The lowest BCUT2D eigenvalue weighted by Gasteiger charge is -2.17. The van der Waals surface area contributed by atoms with Gasteiger partial charge in [0, 0.05) is 18.5 Å². The van der Waals surface area contributed by atoms with E-state index in [1.807, 2.05) is 17.5 Å². The summed E-state index contributed by atoms with van der Waals surface area (Å²) < 4.78 is 4.83. The number of amides is 1. The van der Waals surface area contributed by atoms with Crippen molar-refractivity contribution >= 4 is 17.4 Å². The second-order valence-corrected chi connectivity index (χ2v) is 4.42. The van der Waals surface area contributed by atoms with Crippen LogP contribution in [0.3, 0.4) is 0 Å². The largest absolute Gasteiger partial charge is 0.450 e. The average Bonchev–Trinajstić information content (AvgIpc) is 2.79. The molecular weight excluding hydrogens is 226 g/mol. The van der Waals surface area contributed by atoms with Crippen molar-refractivity contribution in [3.8, 4) is 0 Å². The van der Waals surface area contributed by atoms with E-state index in [0.29, 0.717) is 19.6 Å². The molecule has 1 rings (SSSR count). The van der Waals surface area contributed by atoms with Gasteiger partial charge in [-0.2, -0.15) is 0 Å². The van der Waals surface area contributed by atoms with Crippen LogP contribution in [0.4, 0.5) is 4.79 Å². The van der Waals surface area contributed by atoms with Gasteiger partial charge in [0.2, 0.25) is 0 Å². The Morgan fingerprint density at radius 1 is 1.69 bits per heavy atom. The molecule has 1 aromatic heterocycles. The number of thiophene rings is 1. The molecule has 0 aromatic carbocycles. The van der Waals surface area contributed by atoms with Gasteiger partial charge in [-0.25, -0.2) is 4.79 Å². The monoisotopic (exact) mass is 243 g/mol. The van der Waals surface area contributed by atoms with Crippen LogP contribution in [-0.2, 0) is 4.74 Å². The van der Waals surface area contributed by atoms with Crippen molar-refractivity contribution in [2.75, 3.05) is 20.2 Å². The molecule has 0 bridgehead atoms. The van der Waals surface area contributed by atoms with Gasteiger partial charge in [0.1, 0.15) is 0 Å². The lowest BCUT2D eigenvalue weighted by atomic mass is 10.2. The maximum absolute atomic E-state index is 11.3. The van der Waals surface area contributed by atoms with Crippen LogP contribution in [0.1, 0.15) is 24.3 Å². The zero-order chi connectivity index (χ0) is 12.0. The highest BCUT2D eigenvalue weighted by Gasteiger charge is 2.13. The third-order valence-corrected chi connectivity index (χ3v) is 3.16. The summed E-state index contributed by atoms with van der Waals surface area (Å²) in [4.78, 5) is 13.7. The van der Waals surface area contributed by atoms with Gasteiger partial charge < -0.3 is 14.7 Å². The molecule has 16 heavy (non-hydrogen) atoms. The highest BCUT2D eigenvalue weighted by Crippen LogP contribution is 2.21. The Kier molecular flexibility index (Phi) is 5.28. The molecule has 90 valence electrons. The number of carbonyl (C=O) groups excluding carboxylic acids is 1. The van der Waals surface area contributed by atoms with Crippen LogP contribution < -0.4 is 0 Å². The van der Waals surface area contributed by atoms with Crippen LogP contribution in [0.2, 0.25) is 0 Å². The predicted octanol–water partition coefficient (Wildman–Crippen LogP) is 2.26. The molecule has 0 aliphatic rings. The number of hydrogen-bond acceptors (Lipinski definition) is 4. The van der Waals surface area contributed by atoms with Crippen molar-refractivity contribution < 1.29 is 14.6 Å². The van der Waals surface area contributed by atoms with Gasteiger partial charge >= 0.3 is 6.09 Å². The van der Waals surface area contributed by atoms with Gasteiger partial charge in [-0.3, -0.25) is 0 Å². The summed E-state index contributed by atoms with van der Waals surface area (Å²) in [6, 6.07) is 3.79. The van der Waals surface area contributed by atoms with E-state index in [0.717, 1.165) is 4.88 Å². The molecule has 0 aliphatic carbocycles. The zero-order valence-electron chi connectivity index (χ0n) is 9.55. The number of aliphatic hydroxyl groups excluding tert-OH is 1. The Morgan fingerprint density at radius 2 is 2.44 bits per heavy atom. The van der Waals surface area contributed by atoms with Crippen molar-refractivity contribution in [2.45, 2.75) is 19.4 Å². The molecule has 0 radical (unpaired) electrons. The van der Waals surface area contributed by atoms with Crippen LogP contribution in [0.15, 0.2) is 17.5 Å². The number of hydrogen-bond donors (Lipinski definition) is 1. The van der Waals surface area contributed by atoms with E-state index >= 15 is 0 Å². The van der Waals surface area contributed by atoms with Crippen molar-refractivity contribution in [2.24, 2.45) is 0 Å². The predicted molar refractivity (Wildman–Crippen MR) is 63.5 cm³/mol. The lowest BCUT2D eigenvalue weighted by molar-refractivity contribution is 0.105. The summed E-state index contributed by atoms with van der Waals surface area (Å²) in [6.45, 7) is 2.63. The Balaban J connectivity index is 2.31. The van der Waals surface area contributed by atoms with Crippen molar-refractivity contribution in [1.29, 1.82) is 0 Å². The summed E-state index contributed by atoms with van der Waals surface area (Å²) >= 11 is 1.52. The van der Waals surface area contributed by atoms with E-state index in [-0.39, 0.29) is 6.09 Å². The summed E-state index contributed by atoms with van der Waals surface area (Å²) in [7, 11) is 1.67. The van der Waals surface area contributed by atoms with E-state index in [1.54, 1.807) is 14.0 Å². The van der Waals surface area contributed by atoms with Gasteiger partial charge in [-0.15, -0.1) is 11.3 Å². The van der Waals surface area contributed by atoms with Crippen LogP contribution in [0.5, 0.6) is 0 Å². The molecule has 4 nitrogen and oxygen atoms in total. The summed E-state index contributed by atoms with van der Waals surface area (Å²) in [5.41, 5.74) is 0. The molecule has 0 spiro atoms. The van der Waals surface area contributed by atoms with Gasteiger partial charge in [0.25, 0.3) is 0 Å². The first-order valence-corrected chi connectivity index (χ1v) is 6.12. The van der Waals surface area contributed by atoms with Gasteiger partial charge in [-0.1, -0.05) is 6.07 Å². The van der Waals surface area contributed by atoms with Gasteiger partial charge in [0.05, 0.1) is 12.7 Å². The normalized spacial score (nSPS) is 12.2. The minimum atomic E-state index is -0.503. The number of aliphatic hydroxyl groups is 1. The zero-order valence-corrected chi connectivity index (χ0v) is 10.4. The lowest BCUT2D eigenvalue weighted by Crippen LogP contribution is -2.29. The molecular formula is C11H17NO3S. The molecule has 1 amide bonds. The van der Waals surface area contributed by atoms with Gasteiger partial charge in [-0.05, 0) is 24.8 Å². The van der Waals surface area contributed by atoms with Crippen LogP contribution >= 0.6 is 11.3 Å². The summed E-state index contributed by atoms with van der Waals surface area (Å²) in [5, 5.41) is 11.7. The number of carbonyl (C=O) groups is 1. The fraction of sp³-hybridized carbons (Fsp3) is 0.545. The van der Waals surface area contributed by atoms with Crippen LogP contribution in [-0.4, -0.2) is 36.3 Å². The molecule has 0 aliphatic heterocycles. The number of rotatable bonds is 5. The molecule has 1 heterocycles. The highest BCUT2D eigenvalue weighted by molar-refractivity contribution is 7.10. The first-order valence-electron chi connectivity index (χ1n) is 5.24. The second-order valence-electron chi connectivity index (χ2n) is 3.44. The Labute approximate surface area is 99.5 Å². The van der Waals surface area contributed by atoms with Crippen molar-refractivity contribution in [1.82, 2.24) is 4.90 Å². The van der Waals surface area contributed by atoms with E-state index in [2.05, 4.69) is 0 Å². The molecule has 1 N–H and O–H groups in total. The number of nitrogens with zero attached hydrogens (tertiary/aromatic N) is 1. The standard InChI is InChI=1S/C11H17NO3S/c1-3-15-11(14)12(2)7-6-9(13)10-5-4-8-16-10/h4-5,8-9,13H,3,6-7H2,1-2H3. The second kappa shape index (κ2) is 6.50. The van der Waals surface area contributed by atoms with E-state index in [4.69, 9.17) is 4.74 Å². The van der Waals surface area contributed by atoms with Gasteiger partial charge in [0.15, 0.2) is 0 Å². The topological polar surface area (TPSA) is 49.8 Å². The first kappa shape index (κ1) is 13.0. The quantitative estimate of drug-likeness (QED) is 0.863. The molecule has 5 heteroatoms. The molecule has 0 saturated carbocycles. The minimum Gasteiger partial charge on any atom is -0.450 e. The highest BCUT2D eigenvalue weighted by atomic mass is 32.1. The molecule has 1 aromatic rings. The van der Waals surface area contributed by atoms with E-state index in [9.17, 15) is 9.90 Å². The van der Waals surface area contributed by atoms with Crippen LogP contribution in [0, 0.1) is 0 Å². The van der Waals surface area contributed by atoms with E-state index < -0.39 is 6.10 Å². The Hall–Kier alpha value is -1.07. The fourth-order valence-corrected chi connectivity index (χ4v) is 2.01. The maximum Gasteiger partial charge on any atom is 0.409 e.